The van der Waals surface area contributed by atoms with E-state index in [1.807, 2.05) is 0 Å². The molecule has 8 heteroatoms. The smallest absolute Gasteiger partial charge is 0.306 e. The lowest BCUT2D eigenvalue weighted by Crippen LogP contribution is -2.52. The summed E-state index contributed by atoms with van der Waals surface area (Å²) in [6, 6.07) is 0. The van der Waals surface area contributed by atoms with Gasteiger partial charge in [-0.3, -0.25) is 4.79 Å². The van der Waals surface area contributed by atoms with E-state index in [0.717, 1.165) is 12.8 Å². The molecule has 1 fully saturated rings. The van der Waals surface area contributed by atoms with Crippen molar-refractivity contribution in [2.24, 2.45) is 0 Å². The molecule has 4 atom stereocenters. The van der Waals surface area contributed by atoms with Gasteiger partial charge in [-0.15, -0.1) is 0 Å². The fourth-order valence-corrected chi connectivity index (χ4v) is 5.29. The summed E-state index contributed by atoms with van der Waals surface area (Å²) in [5.41, 5.74) is 0. The van der Waals surface area contributed by atoms with Crippen molar-refractivity contribution in [3.63, 3.8) is 0 Å². The van der Waals surface area contributed by atoms with Crippen molar-refractivity contribution in [3.05, 3.63) is 0 Å². The third-order valence-corrected chi connectivity index (χ3v) is 7.94. The molecule has 1 aliphatic heterocycles. The number of esters is 1. The van der Waals surface area contributed by atoms with Crippen LogP contribution in [0.3, 0.4) is 0 Å². The van der Waals surface area contributed by atoms with Crippen LogP contribution in [0.15, 0.2) is 0 Å². The second kappa shape index (κ2) is 25.9. The van der Waals surface area contributed by atoms with Crippen molar-refractivity contribution >= 4 is 5.97 Å². The van der Waals surface area contributed by atoms with Gasteiger partial charge in [0, 0.05) is 6.42 Å². The van der Waals surface area contributed by atoms with Gasteiger partial charge in [0.1, 0.15) is 18.3 Å². The van der Waals surface area contributed by atoms with Gasteiger partial charge in [-0.05, 0) is 6.42 Å². The highest BCUT2D eigenvalue weighted by atomic mass is 16.7. The van der Waals surface area contributed by atoms with Gasteiger partial charge in [-0.1, -0.05) is 135 Å². The van der Waals surface area contributed by atoms with Crippen LogP contribution in [0, 0.1) is 0 Å². The fourth-order valence-electron chi connectivity index (χ4n) is 5.29. The number of rotatable bonds is 28. The van der Waals surface area contributed by atoms with Gasteiger partial charge < -0.3 is 34.6 Å². The molecule has 0 radical (unpaired) electrons. The van der Waals surface area contributed by atoms with Crippen molar-refractivity contribution < 1.29 is 39.4 Å². The molecule has 0 aromatic heterocycles. The molecule has 1 heterocycles. The van der Waals surface area contributed by atoms with E-state index in [1.54, 1.807) is 0 Å². The zero-order valence-corrected chi connectivity index (χ0v) is 25.5. The third kappa shape index (κ3) is 18.6. The Labute approximate surface area is 244 Å². The van der Waals surface area contributed by atoms with Crippen molar-refractivity contribution in [2.75, 3.05) is 19.8 Å². The molecule has 0 aromatic carbocycles. The molecule has 0 aliphatic carbocycles. The first-order valence-corrected chi connectivity index (χ1v) is 16.6. The molecule has 0 saturated carbocycles. The number of ether oxygens (including phenoxy) is 3. The lowest BCUT2D eigenvalue weighted by Gasteiger charge is -2.31. The van der Waals surface area contributed by atoms with Crippen LogP contribution in [0.4, 0.5) is 0 Å². The summed E-state index contributed by atoms with van der Waals surface area (Å²) < 4.78 is 16.0. The van der Waals surface area contributed by atoms with Gasteiger partial charge in [0.2, 0.25) is 0 Å². The Kier molecular flexibility index (Phi) is 24.1. The number of unbranched alkanes of at least 4 members (excludes halogenated alkanes) is 20. The Morgan fingerprint density at radius 2 is 1.02 bits per heavy atom. The van der Waals surface area contributed by atoms with Crippen molar-refractivity contribution in [1.82, 2.24) is 0 Å². The van der Waals surface area contributed by atoms with E-state index in [9.17, 15) is 20.1 Å². The monoisotopic (exact) mass is 574 g/mol. The standard InChI is InChI=1S/C32H62O8/c1-2-3-4-5-6-7-8-9-10-11-12-13-14-15-16-17-18-19-20-21-22-23-28(35)40-31(32-38-24-25-39-32)30(37)29(36)27(34)26-33/h27,29-34,36-37H,2-26H2,1H3/t27-,29-,30+,31-/m1/s1. The maximum atomic E-state index is 12.3. The minimum absolute atomic E-state index is 0.202. The van der Waals surface area contributed by atoms with Crippen LogP contribution in [0.2, 0.25) is 0 Å². The minimum atomic E-state index is -1.69. The number of aliphatic hydroxyl groups excluding tert-OH is 4. The normalized spacial score (nSPS) is 17.1. The van der Waals surface area contributed by atoms with E-state index in [4.69, 9.17) is 19.3 Å². The molecule has 0 amide bonds. The molecule has 0 bridgehead atoms. The van der Waals surface area contributed by atoms with E-state index in [0.29, 0.717) is 6.42 Å². The first-order chi connectivity index (χ1) is 19.5. The summed E-state index contributed by atoms with van der Waals surface area (Å²) in [6.07, 6.45) is 20.3. The largest absolute Gasteiger partial charge is 0.454 e. The molecule has 8 nitrogen and oxygen atoms in total. The topological polar surface area (TPSA) is 126 Å². The van der Waals surface area contributed by atoms with E-state index in [-0.39, 0.29) is 19.6 Å². The Balaban J connectivity index is 1.94. The van der Waals surface area contributed by atoms with E-state index < -0.39 is 43.3 Å². The molecule has 0 spiro atoms. The molecule has 1 rings (SSSR count). The van der Waals surface area contributed by atoms with E-state index in [1.165, 1.54) is 116 Å². The van der Waals surface area contributed by atoms with E-state index >= 15 is 0 Å². The van der Waals surface area contributed by atoms with Crippen molar-refractivity contribution in [1.29, 1.82) is 0 Å². The van der Waals surface area contributed by atoms with Crippen LogP contribution in [0.25, 0.3) is 0 Å². The fraction of sp³-hybridized carbons (Fsp3) is 0.969. The van der Waals surface area contributed by atoms with Gasteiger partial charge in [-0.25, -0.2) is 0 Å². The minimum Gasteiger partial charge on any atom is -0.454 e. The Hall–Kier alpha value is -0.770. The molecule has 1 aliphatic rings. The summed E-state index contributed by atoms with van der Waals surface area (Å²) in [7, 11) is 0. The average Bonchev–Trinajstić information content (AvgIpc) is 3.50. The number of aliphatic hydroxyl groups is 4. The summed E-state index contributed by atoms with van der Waals surface area (Å²) >= 11 is 0. The lowest BCUT2D eigenvalue weighted by atomic mass is 10.0. The molecular formula is C32H62O8. The predicted molar refractivity (Wildman–Crippen MR) is 158 cm³/mol. The highest BCUT2D eigenvalue weighted by Crippen LogP contribution is 2.20. The molecule has 0 unspecified atom stereocenters. The lowest BCUT2D eigenvalue weighted by molar-refractivity contribution is -0.210. The Bertz CT molecular complexity index is 569. The molecule has 40 heavy (non-hydrogen) atoms. The molecule has 0 aromatic rings. The second-order valence-electron chi connectivity index (χ2n) is 11.6. The maximum absolute atomic E-state index is 12.3. The highest BCUT2D eigenvalue weighted by Gasteiger charge is 2.41. The van der Waals surface area contributed by atoms with Crippen LogP contribution >= 0.6 is 0 Å². The number of hydrogen-bond acceptors (Lipinski definition) is 8. The number of carbonyl (C=O) groups excluding carboxylic acids is 1. The summed E-state index contributed by atoms with van der Waals surface area (Å²) in [4.78, 5) is 12.3. The SMILES string of the molecule is CCCCCCCCCCCCCCCCCCCCCCCC(=O)O[C@@H](C1OCCO1)[C@@H](O)[C@H](O)[C@H](O)CO. The molecule has 1 saturated heterocycles. The summed E-state index contributed by atoms with van der Waals surface area (Å²) in [5, 5.41) is 39.1. The zero-order valence-electron chi connectivity index (χ0n) is 25.5. The van der Waals surface area contributed by atoms with Crippen molar-refractivity contribution in [3.8, 4) is 0 Å². The van der Waals surface area contributed by atoms with Crippen LogP contribution in [-0.2, 0) is 19.0 Å². The average molecular weight is 575 g/mol. The summed E-state index contributed by atoms with van der Waals surface area (Å²) in [5.74, 6) is -0.508. The van der Waals surface area contributed by atoms with Crippen LogP contribution in [0.1, 0.15) is 148 Å². The van der Waals surface area contributed by atoms with E-state index in [2.05, 4.69) is 6.92 Å². The van der Waals surface area contributed by atoms with Gasteiger partial charge in [0.25, 0.3) is 0 Å². The van der Waals surface area contributed by atoms with Crippen LogP contribution in [0.5, 0.6) is 0 Å². The number of carbonyl (C=O) groups is 1. The Morgan fingerprint density at radius 1 is 0.650 bits per heavy atom. The van der Waals surface area contributed by atoms with Gasteiger partial charge in [-0.2, -0.15) is 0 Å². The summed E-state index contributed by atoms with van der Waals surface area (Å²) in [6.45, 7) is 2.11. The molecule has 4 N–H and O–H groups in total. The highest BCUT2D eigenvalue weighted by molar-refractivity contribution is 5.69. The quantitative estimate of drug-likeness (QED) is 0.0667. The second-order valence-corrected chi connectivity index (χ2v) is 11.6. The molecule has 238 valence electrons. The number of hydrogen-bond donors (Lipinski definition) is 4. The maximum Gasteiger partial charge on any atom is 0.306 e. The zero-order chi connectivity index (χ0) is 29.3. The van der Waals surface area contributed by atoms with Gasteiger partial charge in [0.15, 0.2) is 12.4 Å². The Morgan fingerprint density at radius 3 is 1.40 bits per heavy atom. The third-order valence-electron chi connectivity index (χ3n) is 7.94. The molecular weight excluding hydrogens is 512 g/mol. The first-order valence-electron chi connectivity index (χ1n) is 16.6. The first kappa shape index (κ1) is 37.3. The van der Waals surface area contributed by atoms with Crippen molar-refractivity contribution in [2.45, 2.75) is 179 Å². The van der Waals surface area contributed by atoms with Gasteiger partial charge >= 0.3 is 5.97 Å². The van der Waals surface area contributed by atoms with Crippen LogP contribution < -0.4 is 0 Å². The van der Waals surface area contributed by atoms with Gasteiger partial charge in [0.05, 0.1) is 19.8 Å². The predicted octanol–water partition coefficient (Wildman–Crippen LogP) is 5.95. The van der Waals surface area contributed by atoms with Crippen LogP contribution in [-0.4, -0.2) is 76.9 Å².